The molecule has 0 aliphatic carbocycles. The average molecular weight is 373 g/mol. The highest BCUT2D eigenvalue weighted by atomic mass is 17.5. The summed E-state index contributed by atoms with van der Waals surface area (Å²) in [6, 6.07) is 0. The molecule has 0 amide bonds. The minimum absolute atomic E-state index is 0.492. The van der Waals surface area contributed by atoms with E-state index in [9.17, 15) is 0 Å². The molecule has 0 aliphatic heterocycles. The Labute approximate surface area is 164 Å². The molecular formula is C23H48O3. The van der Waals surface area contributed by atoms with Crippen molar-refractivity contribution in [2.75, 3.05) is 6.61 Å². The Morgan fingerprint density at radius 3 is 1.35 bits per heavy atom. The molecule has 0 rings (SSSR count). The van der Waals surface area contributed by atoms with E-state index >= 15 is 0 Å². The summed E-state index contributed by atoms with van der Waals surface area (Å²) in [5.74, 6) is 0. The van der Waals surface area contributed by atoms with Gasteiger partial charge in [0.25, 0.3) is 0 Å². The molecule has 0 radical (unpaired) electrons. The van der Waals surface area contributed by atoms with E-state index in [4.69, 9.17) is 5.26 Å². The Morgan fingerprint density at radius 1 is 0.538 bits per heavy atom. The zero-order valence-corrected chi connectivity index (χ0v) is 18.2. The van der Waals surface area contributed by atoms with Crippen LogP contribution in [0.1, 0.15) is 136 Å². The molecule has 0 saturated heterocycles. The normalized spacial score (nSPS) is 12.0. The largest absolute Gasteiger partial charge is 0.221 e. The van der Waals surface area contributed by atoms with Gasteiger partial charge in [0.2, 0.25) is 0 Å². The summed E-state index contributed by atoms with van der Waals surface area (Å²) in [6.45, 7) is 7.51. The van der Waals surface area contributed by atoms with E-state index in [0.717, 1.165) is 12.8 Å². The van der Waals surface area contributed by atoms with Crippen molar-refractivity contribution in [2.45, 2.75) is 136 Å². The number of unbranched alkanes of at least 4 members (excludes halogenated alkanes) is 10. The summed E-state index contributed by atoms with van der Waals surface area (Å²) in [4.78, 5) is 4.46. The Bertz CT molecular complexity index is 246. The lowest BCUT2D eigenvalue weighted by atomic mass is 9.71. The lowest BCUT2D eigenvalue weighted by Crippen LogP contribution is -2.21. The first kappa shape index (κ1) is 25.9. The van der Waals surface area contributed by atoms with E-state index in [1.165, 1.54) is 103 Å². The third-order valence-corrected chi connectivity index (χ3v) is 5.92. The molecule has 0 aromatic heterocycles. The van der Waals surface area contributed by atoms with E-state index in [-0.39, 0.29) is 0 Å². The first-order valence-electron chi connectivity index (χ1n) is 11.7. The van der Waals surface area contributed by atoms with E-state index < -0.39 is 0 Å². The smallest absolute Gasteiger partial charge is 0.0853 e. The molecular weight excluding hydrogens is 324 g/mol. The second-order valence-electron chi connectivity index (χ2n) is 8.29. The van der Waals surface area contributed by atoms with Crippen LogP contribution in [-0.2, 0) is 9.93 Å². The quantitative estimate of drug-likeness (QED) is 0.125. The summed E-state index contributed by atoms with van der Waals surface area (Å²) in [7, 11) is 0. The molecule has 3 nitrogen and oxygen atoms in total. The van der Waals surface area contributed by atoms with E-state index in [0.29, 0.717) is 12.0 Å². The van der Waals surface area contributed by atoms with Gasteiger partial charge in [0.05, 0.1) is 6.61 Å². The van der Waals surface area contributed by atoms with Crippen LogP contribution < -0.4 is 0 Å². The standard InChI is InChI=1S/C23H48O3/c1-4-7-18-23(19-8-5-2,20-9-6-3)21-16-14-12-10-11-13-15-17-22-25-26-24/h24H,4-22H2,1-3H3. The molecule has 0 aromatic carbocycles. The second-order valence-corrected chi connectivity index (χ2v) is 8.29. The van der Waals surface area contributed by atoms with Gasteiger partial charge in [-0.3, -0.25) is 0 Å². The molecule has 0 atom stereocenters. The van der Waals surface area contributed by atoms with E-state index in [2.05, 4.69) is 30.7 Å². The molecule has 0 fully saturated rings. The van der Waals surface area contributed by atoms with Gasteiger partial charge in [-0.25, -0.2) is 10.1 Å². The van der Waals surface area contributed by atoms with Crippen LogP contribution in [0.15, 0.2) is 0 Å². The molecule has 0 aromatic rings. The van der Waals surface area contributed by atoms with Crippen LogP contribution in [0.4, 0.5) is 0 Å². The third-order valence-electron chi connectivity index (χ3n) is 5.92. The molecule has 1 N–H and O–H groups in total. The summed E-state index contributed by atoms with van der Waals surface area (Å²) < 4.78 is 0. The zero-order valence-electron chi connectivity index (χ0n) is 18.2. The molecule has 0 spiro atoms. The summed E-state index contributed by atoms with van der Waals surface area (Å²) in [5, 5.41) is 11.7. The van der Waals surface area contributed by atoms with Crippen molar-refractivity contribution in [2.24, 2.45) is 5.41 Å². The number of hydrogen-bond donors (Lipinski definition) is 1. The molecule has 26 heavy (non-hydrogen) atoms. The Kier molecular flexibility index (Phi) is 19.5. The highest BCUT2D eigenvalue weighted by molar-refractivity contribution is 4.79. The molecule has 3 heteroatoms. The van der Waals surface area contributed by atoms with Crippen LogP contribution in [0.25, 0.3) is 0 Å². The van der Waals surface area contributed by atoms with Crippen LogP contribution in [0.5, 0.6) is 0 Å². The topological polar surface area (TPSA) is 38.7 Å². The van der Waals surface area contributed by atoms with Crippen molar-refractivity contribution in [3.63, 3.8) is 0 Å². The predicted octanol–water partition coefficient (Wildman–Crippen LogP) is 8.48. The lowest BCUT2D eigenvalue weighted by Gasteiger charge is -2.35. The van der Waals surface area contributed by atoms with Crippen LogP contribution in [0.3, 0.4) is 0 Å². The highest BCUT2D eigenvalue weighted by Crippen LogP contribution is 2.41. The fourth-order valence-electron chi connectivity index (χ4n) is 4.16. The van der Waals surface area contributed by atoms with Crippen molar-refractivity contribution >= 4 is 0 Å². The van der Waals surface area contributed by atoms with Crippen LogP contribution >= 0.6 is 0 Å². The van der Waals surface area contributed by atoms with Crippen molar-refractivity contribution in [3.8, 4) is 0 Å². The lowest BCUT2D eigenvalue weighted by molar-refractivity contribution is -0.490. The third kappa shape index (κ3) is 15.0. The number of rotatable bonds is 21. The average Bonchev–Trinajstić information content (AvgIpc) is 2.66. The monoisotopic (exact) mass is 372 g/mol. The van der Waals surface area contributed by atoms with Gasteiger partial charge in [-0.15, -0.1) is 0 Å². The maximum atomic E-state index is 8.07. The first-order chi connectivity index (χ1) is 12.7. The first-order valence-corrected chi connectivity index (χ1v) is 11.7. The molecule has 0 aliphatic rings. The zero-order chi connectivity index (χ0) is 19.3. The summed E-state index contributed by atoms with van der Waals surface area (Å²) in [5.41, 5.74) is 0.650. The van der Waals surface area contributed by atoms with Crippen LogP contribution in [0.2, 0.25) is 0 Å². The molecule has 0 heterocycles. The predicted molar refractivity (Wildman–Crippen MR) is 112 cm³/mol. The highest BCUT2D eigenvalue weighted by Gasteiger charge is 2.27. The number of hydrogen-bond acceptors (Lipinski definition) is 3. The molecule has 0 unspecified atom stereocenters. The van der Waals surface area contributed by atoms with Gasteiger partial charge in [-0.1, -0.05) is 109 Å². The Morgan fingerprint density at radius 2 is 0.923 bits per heavy atom. The second kappa shape index (κ2) is 19.6. The molecule has 0 saturated carbocycles. The summed E-state index contributed by atoms with van der Waals surface area (Å²) in [6.07, 6.45) is 24.4. The van der Waals surface area contributed by atoms with E-state index in [1.54, 1.807) is 0 Å². The van der Waals surface area contributed by atoms with E-state index in [1.807, 2.05) is 0 Å². The molecule has 0 bridgehead atoms. The fraction of sp³-hybridized carbons (Fsp3) is 1.00. The van der Waals surface area contributed by atoms with Gasteiger partial charge in [-0.2, -0.15) is 0 Å². The van der Waals surface area contributed by atoms with Crippen molar-refractivity contribution in [1.29, 1.82) is 0 Å². The van der Waals surface area contributed by atoms with Crippen LogP contribution in [-0.4, -0.2) is 11.9 Å². The van der Waals surface area contributed by atoms with Gasteiger partial charge in [0.1, 0.15) is 0 Å². The Hall–Kier alpha value is -0.120. The fourth-order valence-corrected chi connectivity index (χ4v) is 4.16. The maximum Gasteiger partial charge on any atom is 0.0853 e. The van der Waals surface area contributed by atoms with Crippen molar-refractivity contribution < 1.29 is 15.2 Å². The van der Waals surface area contributed by atoms with Gasteiger partial charge < -0.3 is 0 Å². The minimum atomic E-state index is 0.492. The minimum Gasteiger partial charge on any atom is -0.221 e. The van der Waals surface area contributed by atoms with Gasteiger partial charge >= 0.3 is 0 Å². The van der Waals surface area contributed by atoms with Crippen molar-refractivity contribution in [3.05, 3.63) is 0 Å². The SMILES string of the molecule is CCCCC(CCCC)(CCCC)CCCCCCCCCCOOO. The van der Waals surface area contributed by atoms with Gasteiger partial charge in [0.15, 0.2) is 0 Å². The summed E-state index contributed by atoms with van der Waals surface area (Å²) >= 11 is 0. The van der Waals surface area contributed by atoms with Crippen LogP contribution in [0, 0.1) is 5.41 Å². The maximum absolute atomic E-state index is 8.07. The van der Waals surface area contributed by atoms with Gasteiger partial charge in [0, 0.05) is 0 Å². The Balaban J connectivity index is 3.95. The van der Waals surface area contributed by atoms with Crippen molar-refractivity contribution in [1.82, 2.24) is 0 Å². The van der Waals surface area contributed by atoms with Gasteiger partial charge in [-0.05, 0) is 37.5 Å². The molecule has 158 valence electrons.